The zero-order valence-corrected chi connectivity index (χ0v) is 14.9. The molecule has 0 amide bonds. The van der Waals surface area contributed by atoms with Crippen molar-refractivity contribution in [3.8, 4) is 0 Å². The van der Waals surface area contributed by atoms with Gasteiger partial charge in [-0.1, -0.05) is 44.7 Å². The summed E-state index contributed by atoms with van der Waals surface area (Å²) in [5, 5.41) is 10.6. The molecule has 2 aliphatic carbocycles. The highest BCUT2D eigenvalue weighted by molar-refractivity contribution is 5.91. The Kier molecular flexibility index (Phi) is 4.62. The molecule has 5 heteroatoms. The number of fused-ring (bicyclic) bond motifs is 3. The molecule has 0 aromatic heterocycles. The van der Waals surface area contributed by atoms with Gasteiger partial charge in [-0.05, 0) is 12.8 Å². The Morgan fingerprint density at radius 1 is 1.24 bits per heavy atom. The second-order valence-corrected chi connectivity index (χ2v) is 7.55. The van der Waals surface area contributed by atoms with E-state index in [1.807, 2.05) is 13.8 Å². The highest BCUT2D eigenvalue weighted by Gasteiger charge is 2.57. The number of carbonyl (C=O) groups is 2. The summed E-state index contributed by atoms with van der Waals surface area (Å²) in [6.07, 6.45) is -0.0879. The van der Waals surface area contributed by atoms with Crippen LogP contribution < -0.4 is 0 Å². The Bertz CT molecular complexity index is 648. The Balaban J connectivity index is 1.91. The zero-order valence-electron chi connectivity index (χ0n) is 14.9. The molecule has 1 N–H and O–H groups in total. The molecule has 3 aliphatic rings. The van der Waals surface area contributed by atoms with E-state index in [0.717, 1.165) is 11.1 Å². The number of aliphatic hydroxyl groups excluding tert-OH is 1. The van der Waals surface area contributed by atoms with Crippen LogP contribution in [0, 0.1) is 23.7 Å². The molecular weight excluding hydrogens is 320 g/mol. The maximum Gasteiger partial charge on any atom is 0.334 e. The molecule has 3 rings (SSSR count). The van der Waals surface area contributed by atoms with Crippen LogP contribution in [0.25, 0.3) is 0 Å². The lowest BCUT2D eigenvalue weighted by Crippen LogP contribution is -2.35. The van der Waals surface area contributed by atoms with Gasteiger partial charge in [0.1, 0.15) is 12.2 Å². The number of esters is 2. The molecule has 0 aromatic rings. The van der Waals surface area contributed by atoms with Crippen molar-refractivity contribution in [3.63, 3.8) is 0 Å². The maximum atomic E-state index is 12.3. The highest BCUT2D eigenvalue weighted by atomic mass is 16.6. The van der Waals surface area contributed by atoms with E-state index in [9.17, 15) is 14.7 Å². The molecule has 5 nitrogen and oxygen atoms in total. The Morgan fingerprint density at radius 2 is 1.88 bits per heavy atom. The first-order valence-electron chi connectivity index (χ1n) is 8.89. The molecule has 1 saturated heterocycles. The van der Waals surface area contributed by atoms with E-state index in [4.69, 9.17) is 9.47 Å². The van der Waals surface area contributed by atoms with Crippen LogP contribution in [0.3, 0.4) is 0 Å². The van der Waals surface area contributed by atoms with Gasteiger partial charge in [0.25, 0.3) is 0 Å². The molecule has 25 heavy (non-hydrogen) atoms. The molecule has 2 saturated carbocycles. The fourth-order valence-electron chi connectivity index (χ4n) is 4.39. The predicted octanol–water partition coefficient (Wildman–Crippen LogP) is 2.56. The van der Waals surface area contributed by atoms with Crippen LogP contribution in [-0.2, 0) is 19.1 Å². The van der Waals surface area contributed by atoms with E-state index in [2.05, 4.69) is 19.7 Å². The van der Waals surface area contributed by atoms with Gasteiger partial charge in [0.15, 0.2) is 0 Å². The summed E-state index contributed by atoms with van der Waals surface area (Å²) in [4.78, 5) is 24.3. The molecule has 3 fully saturated rings. The molecule has 0 radical (unpaired) electrons. The van der Waals surface area contributed by atoms with E-state index < -0.39 is 24.1 Å². The lowest BCUT2D eigenvalue weighted by Gasteiger charge is -2.28. The van der Waals surface area contributed by atoms with Crippen LogP contribution in [0.5, 0.6) is 0 Å². The van der Waals surface area contributed by atoms with E-state index >= 15 is 0 Å². The van der Waals surface area contributed by atoms with Crippen molar-refractivity contribution in [3.05, 3.63) is 36.5 Å². The number of aliphatic hydroxyl groups is 1. The molecule has 136 valence electrons. The SMILES string of the molecule is C=C1C(=O)OC2C1C(O)CC(=C)C1C(OC(=O)C(C)CC)CC(=C)C21. The maximum absolute atomic E-state index is 12.3. The second kappa shape index (κ2) is 6.45. The van der Waals surface area contributed by atoms with Crippen molar-refractivity contribution >= 4 is 11.9 Å². The molecule has 0 spiro atoms. The highest BCUT2D eigenvalue weighted by Crippen LogP contribution is 2.52. The van der Waals surface area contributed by atoms with Gasteiger partial charge in [0.05, 0.1) is 17.9 Å². The number of hydrogen-bond donors (Lipinski definition) is 1. The summed E-state index contributed by atoms with van der Waals surface area (Å²) < 4.78 is 11.3. The summed E-state index contributed by atoms with van der Waals surface area (Å²) >= 11 is 0. The van der Waals surface area contributed by atoms with Crippen molar-refractivity contribution in [2.24, 2.45) is 23.7 Å². The number of rotatable bonds is 3. The molecule has 0 aromatic carbocycles. The molecule has 7 unspecified atom stereocenters. The smallest absolute Gasteiger partial charge is 0.334 e. The quantitative estimate of drug-likeness (QED) is 0.483. The van der Waals surface area contributed by atoms with Crippen molar-refractivity contribution in [2.75, 3.05) is 0 Å². The third kappa shape index (κ3) is 2.84. The fourth-order valence-corrected chi connectivity index (χ4v) is 4.39. The average Bonchev–Trinajstić information content (AvgIpc) is 2.99. The van der Waals surface area contributed by atoms with Crippen molar-refractivity contribution in [1.29, 1.82) is 0 Å². The molecule has 1 heterocycles. The van der Waals surface area contributed by atoms with Crippen LogP contribution in [0.4, 0.5) is 0 Å². The minimum Gasteiger partial charge on any atom is -0.461 e. The first-order chi connectivity index (χ1) is 11.8. The van der Waals surface area contributed by atoms with Crippen molar-refractivity contribution < 1.29 is 24.2 Å². The summed E-state index contributed by atoms with van der Waals surface area (Å²) in [5.74, 6) is -1.72. The average molecular weight is 346 g/mol. The van der Waals surface area contributed by atoms with Crippen LogP contribution in [0.2, 0.25) is 0 Å². The van der Waals surface area contributed by atoms with Gasteiger partial charge >= 0.3 is 11.9 Å². The van der Waals surface area contributed by atoms with E-state index in [-0.39, 0.29) is 29.8 Å². The topological polar surface area (TPSA) is 72.8 Å². The monoisotopic (exact) mass is 346 g/mol. The minimum absolute atomic E-state index is 0.172. The number of ether oxygens (including phenoxy) is 2. The summed E-state index contributed by atoms with van der Waals surface area (Å²) in [6, 6.07) is 0. The molecule has 0 bridgehead atoms. The Labute approximate surface area is 148 Å². The first-order valence-corrected chi connectivity index (χ1v) is 8.89. The van der Waals surface area contributed by atoms with Crippen LogP contribution in [0.15, 0.2) is 36.5 Å². The summed E-state index contributed by atoms with van der Waals surface area (Å²) in [6.45, 7) is 15.9. The molecule has 1 aliphatic heterocycles. The van der Waals surface area contributed by atoms with Gasteiger partial charge in [-0.2, -0.15) is 0 Å². The van der Waals surface area contributed by atoms with Crippen LogP contribution in [0.1, 0.15) is 33.1 Å². The van der Waals surface area contributed by atoms with Gasteiger partial charge in [0.2, 0.25) is 0 Å². The van der Waals surface area contributed by atoms with E-state index in [1.54, 1.807) is 0 Å². The fraction of sp³-hybridized carbons (Fsp3) is 0.600. The van der Waals surface area contributed by atoms with E-state index in [1.165, 1.54) is 0 Å². The largest absolute Gasteiger partial charge is 0.461 e. The van der Waals surface area contributed by atoms with Gasteiger partial charge in [-0.3, -0.25) is 4.79 Å². The molecule has 7 atom stereocenters. The van der Waals surface area contributed by atoms with Crippen molar-refractivity contribution in [2.45, 2.75) is 51.4 Å². The van der Waals surface area contributed by atoms with Gasteiger partial charge in [-0.25, -0.2) is 4.79 Å². The third-order valence-electron chi connectivity index (χ3n) is 5.98. The number of hydrogen-bond acceptors (Lipinski definition) is 5. The zero-order chi connectivity index (χ0) is 18.5. The summed E-state index contributed by atoms with van der Waals surface area (Å²) in [5.41, 5.74) is 2.00. The van der Waals surface area contributed by atoms with Crippen molar-refractivity contribution in [1.82, 2.24) is 0 Å². The Hall–Kier alpha value is -1.88. The third-order valence-corrected chi connectivity index (χ3v) is 5.98. The standard InChI is InChI=1S/C20H26O5/c1-6-9(2)19(22)24-14-8-11(4)16-15(14)10(3)7-13(21)17-12(5)20(23)25-18(16)17/h9,13-18,21H,3-8H2,1-2H3. The first kappa shape index (κ1) is 17.9. The van der Waals surface area contributed by atoms with Gasteiger partial charge in [0, 0.05) is 23.8 Å². The lowest BCUT2D eigenvalue weighted by atomic mass is 9.81. The number of carbonyl (C=O) groups excluding carboxylic acids is 2. The predicted molar refractivity (Wildman–Crippen MR) is 92.3 cm³/mol. The lowest BCUT2D eigenvalue weighted by molar-refractivity contribution is -0.156. The molecular formula is C20H26O5. The second-order valence-electron chi connectivity index (χ2n) is 7.55. The van der Waals surface area contributed by atoms with E-state index in [0.29, 0.717) is 24.8 Å². The van der Waals surface area contributed by atoms with Gasteiger partial charge in [-0.15, -0.1) is 0 Å². The normalized spacial score (nSPS) is 38.7. The van der Waals surface area contributed by atoms with Crippen LogP contribution >= 0.6 is 0 Å². The van der Waals surface area contributed by atoms with Gasteiger partial charge < -0.3 is 14.6 Å². The Morgan fingerprint density at radius 3 is 2.52 bits per heavy atom. The minimum atomic E-state index is -0.777. The van der Waals surface area contributed by atoms with Crippen LogP contribution in [-0.4, -0.2) is 35.4 Å². The summed E-state index contributed by atoms with van der Waals surface area (Å²) in [7, 11) is 0.